The van der Waals surface area contributed by atoms with Crippen molar-refractivity contribution in [2.24, 2.45) is 0 Å². The number of carbonyl (C=O) groups is 1. The number of aromatic amines is 1. The number of nitrogens with one attached hydrogen (secondary N) is 2. The molecule has 0 aliphatic heterocycles. The highest BCUT2D eigenvalue weighted by Crippen LogP contribution is 2.26. The first-order valence-electron chi connectivity index (χ1n) is 7.62. The third kappa shape index (κ3) is 2.88. The van der Waals surface area contributed by atoms with Crippen LogP contribution in [0.25, 0.3) is 10.9 Å². The van der Waals surface area contributed by atoms with E-state index in [2.05, 4.69) is 10.4 Å². The summed E-state index contributed by atoms with van der Waals surface area (Å²) in [6, 6.07) is 1.62. The van der Waals surface area contributed by atoms with Crippen molar-refractivity contribution in [3.05, 3.63) is 72.8 Å². The number of aryl methyl sites for hydroxylation is 1. The molecule has 2 aromatic heterocycles. The van der Waals surface area contributed by atoms with Crippen molar-refractivity contribution >= 4 is 22.6 Å². The monoisotopic (exact) mass is 378 g/mol. The van der Waals surface area contributed by atoms with Crippen LogP contribution in [0.15, 0.2) is 38.9 Å². The predicted octanol–water partition coefficient (Wildman–Crippen LogP) is 0.723. The van der Waals surface area contributed by atoms with Crippen LogP contribution in [0.2, 0.25) is 0 Å². The minimum absolute atomic E-state index is 0.0743. The Labute approximate surface area is 148 Å². The third-order valence-electron chi connectivity index (χ3n) is 3.90. The second-order valence-electron chi connectivity index (χ2n) is 5.47. The van der Waals surface area contributed by atoms with Crippen molar-refractivity contribution in [1.29, 1.82) is 0 Å². The molecular formula is C16H12F2N4O5. The Morgan fingerprint density at radius 2 is 2.00 bits per heavy atom. The van der Waals surface area contributed by atoms with Gasteiger partial charge in [0.25, 0.3) is 5.56 Å². The fourth-order valence-corrected chi connectivity index (χ4v) is 2.63. The number of carboxylic acid groups (broad SMARTS) is 1. The van der Waals surface area contributed by atoms with Crippen LogP contribution in [0.1, 0.15) is 17.3 Å². The molecule has 0 bridgehead atoms. The van der Waals surface area contributed by atoms with Gasteiger partial charge >= 0.3 is 11.7 Å². The van der Waals surface area contributed by atoms with E-state index in [9.17, 15) is 23.6 Å². The number of aromatic carboxylic acids is 1. The summed E-state index contributed by atoms with van der Waals surface area (Å²) in [5.41, 5.74) is -2.67. The van der Waals surface area contributed by atoms with E-state index in [4.69, 9.17) is 5.11 Å². The first kappa shape index (κ1) is 18.0. The molecule has 3 rings (SSSR count). The molecule has 9 nitrogen and oxygen atoms in total. The molecule has 0 atom stereocenters. The van der Waals surface area contributed by atoms with Gasteiger partial charge < -0.3 is 14.7 Å². The lowest BCUT2D eigenvalue weighted by Gasteiger charge is -2.15. The van der Waals surface area contributed by atoms with Crippen LogP contribution in [0.4, 0.5) is 14.5 Å². The largest absolute Gasteiger partial charge is 0.477 e. The Bertz CT molecular complexity index is 1230. The Balaban J connectivity index is 2.36. The molecule has 140 valence electrons. The number of hydrogen-bond acceptors (Lipinski definition) is 5. The van der Waals surface area contributed by atoms with E-state index in [-0.39, 0.29) is 12.1 Å². The highest BCUT2D eigenvalue weighted by molar-refractivity contribution is 5.93. The van der Waals surface area contributed by atoms with Crippen molar-refractivity contribution in [2.75, 3.05) is 5.43 Å². The lowest BCUT2D eigenvalue weighted by molar-refractivity contribution is 0.0695. The normalized spacial score (nSPS) is 10.9. The van der Waals surface area contributed by atoms with E-state index in [0.717, 1.165) is 23.0 Å². The van der Waals surface area contributed by atoms with Crippen LogP contribution in [0.3, 0.4) is 0 Å². The quantitative estimate of drug-likeness (QED) is 0.614. The maximum absolute atomic E-state index is 15.0. The van der Waals surface area contributed by atoms with Crippen LogP contribution >= 0.6 is 0 Å². The zero-order valence-corrected chi connectivity index (χ0v) is 13.7. The molecule has 0 spiro atoms. The fraction of sp³-hybridized carbons (Fsp3) is 0.125. The number of anilines is 1. The molecular weight excluding hydrogens is 366 g/mol. The fourth-order valence-electron chi connectivity index (χ4n) is 2.63. The number of carboxylic acids is 1. The number of halogens is 2. The topological polar surface area (TPSA) is 126 Å². The molecule has 0 saturated heterocycles. The zero-order chi connectivity index (χ0) is 19.9. The molecule has 0 radical (unpaired) electrons. The Morgan fingerprint density at radius 3 is 2.59 bits per heavy atom. The van der Waals surface area contributed by atoms with Crippen LogP contribution < -0.4 is 22.1 Å². The summed E-state index contributed by atoms with van der Waals surface area (Å²) in [5.74, 6) is -4.07. The molecule has 3 N–H and O–H groups in total. The number of nitrogens with zero attached hydrogens (tertiary/aromatic N) is 2. The van der Waals surface area contributed by atoms with Gasteiger partial charge in [-0.1, -0.05) is 0 Å². The number of aromatic nitrogens is 3. The van der Waals surface area contributed by atoms with Gasteiger partial charge in [0, 0.05) is 25.0 Å². The van der Waals surface area contributed by atoms with Crippen molar-refractivity contribution in [2.45, 2.75) is 13.5 Å². The van der Waals surface area contributed by atoms with Crippen molar-refractivity contribution in [3.63, 3.8) is 0 Å². The number of hydrogen-bond donors (Lipinski definition) is 3. The lowest BCUT2D eigenvalue weighted by atomic mass is 10.1. The molecule has 0 aliphatic rings. The van der Waals surface area contributed by atoms with Gasteiger partial charge in [0.2, 0.25) is 5.43 Å². The Kier molecular flexibility index (Phi) is 4.35. The molecule has 0 saturated carbocycles. The van der Waals surface area contributed by atoms with Gasteiger partial charge in [-0.25, -0.2) is 18.4 Å². The molecule has 0 fully saturated rings. The maximum Gasteiger partial charge on any atom is 0.347 e. The third-order valence-corrected chi connectivity index (χ3v) is 3.90. The summed E-state index contributed by atoms with van der Waals surface area (Å²) in [7, 11) is 0. The van der Waals surface area contributed by atoms with Gasteiger partial charge in [0.05, 0.1) is 10.9 Å². The van der Waals surface area contributed by atoms with E-state index in [1.165, 1.54) is 0 Å². The van der Waals surface area contributed by atoms with Crippen LogP contribution in [-0.4, -0.2) is 25.3 Å². The minimum Gasteiger partial charge on any atom is -0.477 e. The van der Waals surface area contributed by atoms with Crippen LogP contribution in [0, 0.1) is 11.6 Å². The molecule has 0 unspecified atom stereocenters. The maximum atomic E-state index is 15.0. The number of fused-ring (bicyclic) bond motifs is 1. The predicted molar refractivity (Wildman–Crippen MR) is 91.1 cm³/mol. The second-order valence-corrected chi connectivity index (χ2v) is 5.47. The van der Waals surface area contributed by atoms with Crippen LogP contribution in [0.5, 0.6) is 0 Å². The van der Waals surface area contributed by atoms with Crippen molar-refractivity contribution in [3.8, 4) is 0 Å². The zero-order valence-electron chi connectivity index (χ0n) is 13.7. The van der Waals surface area contributed by atoms with Gasteiger partial charge in [-0.3, -0.25) is 15.0 Å². The van der Waals surface area contributed by atoms with Crippen molar-refractivity contribution in [1.82, 2.24) is 14.2 Å². The van der Waals surface area contributed by atoms with Crippen molar-refractivity contribution < 1.29 is 18.7 Å². The number of benzene rings is 1. The van der Waals surface area contributed by atoms with Gasteiger partial charge in [0.1, 0.15) is 11.3 Å². The smallest absolute Gasteiger partial charge is 0.347 e. The molecule has 2 heterocycles. The summed E-state index contributed by atoms with van der Waals surface area (Å²) in [6.07, 6.45) is 2.01. The molecule has 3 aromatic rings. The number of pyridine rings is 1. The van der Waals surface area contributed by atoms with E-state index < -0.39 is 50.9 Å². The summed E-state index contributed by atoms with van der Waals surface area (Å²) in [5, 5.41) is 8.62. The van der Waals surface area contributed by atoms with E-state index in [0.29, 0.717) is 10.7 Å². The van der Waals surface area contributed by atoms with Gasteiger partial charge in [-0.2, -0.15) is 4.68 Å². The summed E-state index contributed by atoms with van der Waals surface area (Å²) < 4.78 is 30.9. The van der Waals surface area contributed by atoms with Gasteiger partial charge in [-0.15, -0.1) is 0 Å². The summed E-state index contributed by atoms with van der Waals surface area (Å²) in [6.45, 7) is 1.64. The van der Waals surface area contributed by atoms with E-state index in [1.54, 1.807) is 6.92 Å². The van der Waals surface area contributed by atoms with E-state index in [1.807, 2.05) is 0 Å². The van der Waals surface area contributed by atoms with E-state index >= 15 is 4.39 Å². The summed E-state index contributed by atoms with van der Waals surface area (Å²) >= 11 is 0. The number of H-pyrrole nitrogens is 1. The minimum atomic E-state index is -1.53. The standard InChI is InChI=1S/C16H12F2N4O5/c1-2-21-6-8(15(25)26)14(24)7-5-9(17)12(11(18)13(7)21)20-22-10(23)3-4-19-16(22)27/h3-6,20H,2H2,1H3,(H,19,27)(H,25,26). The molecule has 0 aliphatic carbocycles. The molecule has 0 amide bonds. The second kappa shape index (κ2) is 6.52. The SMILES string of the molecule is CCn1cc(C(=O)O)c(=O)c2cc(F)c(Nn3c(=O)cc[nH]c3=O)c(F)c21. The Hall–Kier alpha value is -3.76. The van der Waals surface area contributed by atoms with Gasteiger partial charge in [-0.05, 0) is 13.0 Å². The summed E-state index contributed by atoms with van der Waals surface area (Å²) in [4.78, 5) is 49.1. The average Bonchev–Trinajstić information content (AvgIpc) is 2.61. The Morgan fingerprint density at radius 1 is 1.30 bits per heavy atom. The average molecular weight is 378 g/mol. The van der Waals surface area contributed by atoms with Gasteiger partial charge in [0.15, 0.2) is 11.6 Å². The first-order chi connectivity index (χ1) is 12.8. The molecule has 11 heteroatoms. The molecule has 1 aromatic carbocycles. The highest BCUT2D eigenvalue weighted by Gasteiger charge is 2.22. The lowest BCUT2D eigenvalue weighted by Crippen LogP contribution is -2.39. The first-order valence-corrected chi connectivity index (χ1v) is 7.62. The van der Waals surface area contributed by atoms with Crippen LogP contribution in [-0.2, 0) is 6.54 Å². The molecule has 27 heavy (non-hydrogen) atoms. The number of rotatable bonds is 4. The highest BCUT2D eigenvalue weighted by atomic mass is 19.1.